The normalized spacial score (nSPS) is 31.0. The molecule has 2 aliphatic rings. The molecule has 1 N–H and O–H groups in total. The molecule has 0 amide bonds. The first-order valence-corrected chi connectivity index (χ1v) is 6.02. The molecule has 1 aliphatic carbocycles. The van der Waals surface area contributed by atoms with Crippen LogP contribution in [0.25, 0.3) is 0 Å². The number of hydrogen-bond donors (Lipinski definition) is 1. The second kappa shape index (κ2) is 2.89. The van der Waals surface area contributed by atoms with Crippen molar-refractivity contribution in [1.29, 1.82) is 0 Å². The fraction of sp³-hybridized carbons (Fsp3) is 0.778. The van der Waals surface area contributed by atoms with E-state index in [1.165, 1.54) is 12.8 Å². The third-order valence-corrected chi connectivity index (χ3v) is 4.18. The lowest BCUT2D eigenvalue weighted by Gasteiger charge is -2.28. The Kier molecular flexibility index (Phi) is 1.77. The third-order valence-electron chi connectivity index (χ3n) is 2.93. The summed E-state index contributed by atoms with van der Waals surface area (Å²) in [6.07, 6.45) is 2.54. The van der Waals surface area contributed by atoms with Gasteiger partial charge in [0.25, 0.3) is 0 Å². The second-order valence-electron chi connectivity index (χ2n) is 4.19. The van der Waals surface area contributed by atoms with E-state index in [2.05, 4.69) is 34.1 Å². The fourth-order valence-corrected chi connectivity index (χ4v) is 2.60. The van der Waals surface area contributed by atoms with E-state index in [1.54, 1.807) is 0 Å². The van der Waals surface area contributed by atoms with Crippen LogP contribution in [0.5, 0.6) is 0 Å². The minimum Gasteiger partial charge on any atom is -0.318 e. The summed E-state index contributed by atoms with van der Waals surface area (Å²) >= 11 is 1.81. The Balaban J connectivity index is 1.97. The molecule has 1 aromatic heterocycles. The zero-order valence-corrected chi connectivity index (χ0v) is 9.21. The highest BCUT2D eigenvalue weighted by molar-refractivity contribution is 7.99. The predicted octanol–water partition coefficient (Wildman–Crippen LogP) is 1.58. The summed E-state index contributed by atoms with van der Waals surface area (Å²) in [7, 11) is 0. The van der Waals surface area contributed by atoms with Gasteiger partial charge in [0.1, 0.15) is 0 Å². The molecule has 0 spiro atoms. The van der Waals surface area contributed by atoms with Crippen molar-refractivity contribution in [2.45, 2.75) is 49.1 Å². The summed E-state index contributed by atoms with van der Waals surface area (Å²) < 4.78 is 2.09. The molecule has 14 heavy (non-hydrogen) atoms. The topological polar surface area (TPSA) is 42.7 Å². The highest BCUT2D eigenvalue weighted by atomic mass is 32.2. The lowest BCUT2D eigenvalue weighted by atomic mass is 10.3. The molecule has 0 radical (unpaired) electrons. The van der Waals surface area contributed by atoms with Crippen LogP contribution in [0, 0.1) is 0 Å². The Morgan fingerprint density at radius 1 is 1.36 bits per heavy atom. The minimum absolute atomic E-state index is 0.487. The molecular weight excluding hydrogens is 196 g/mol. The second-order valence-corrected chi connectivity index (χ2v) is 5.54. The first kappa shape index (κ1) is 8.59. The van der Waals surface area contributed by atoms with Crippen molar-refractivity contribution in [3.63, 3.8) is 0 Å². The molecule has 0 saturated heterocycles. The van der Waals surface area contributed by atoms with Gasteiger partial charge < -0.3 is 5.43 Å². The van der Waals surface area contributed by atoms with Crippen LogP contribution in [-0.4, -0.2) is 26.2 Å². The summed E-state index contributed by atoms with van der Waals surface area (Å²) in [5, 5.41) is 10.1. The molecule has 0 aromatic carbocycles. The van der Waals surface area contributed by atoms with E-state index in [0.717, 1.165) is 11.0 Å². The van der Waals surface area contributed by atoms with Gasteiger partial charge in [-0.2, -0.15) is 0 Å². The number of thioether (sulfide) groups is 1. The lowest BCUT2D eigenvalue weighted by Crippen LogP contribution is -2.37. The molecule has 1 fully saturated rings. The number of nitrogens with zero attached hydrogens (tertiary/aromatic N) is 3. The molecule has 2 unspecified atom stereocenters. The van der Waals surface area contributed by atoms with E-state index in [-0.39, 0.29) is 0 Å². The van der Waals surface area contributed by atoms with Gasteiger partial charge in [-0.1, -0.05) is 18.7 Å². The predicted molar refractivity (Wildman–Crippen MR) is 56.1 cm³/mol. The molecule has 3 rings (SSSR count). The van der Waals surface area contributed by atoms with E-state index in [1.807, 2.05) is 11.8 Å². The molecule has 1 aromatic rings. The summed E-state index contributed by atoms with van der Waals surface area (Å²) in [6.45, 7) is 4.43. The SMILES string of the molecule is CC1Nn2c(nnc2C2CC2)SC1C. The highest BCUT2D eigenvalue weighted by Gasteiger charge is 2.33. The van der Waals surface area contributed by atoms with Gasteiger partial charge in [0.15, 0.2) is 5.82 Å². The van der Waals surface area contributed by atoms with Gasteiger partial charge in [0.05, 0.1) is 6.04 Å². The molecule has 2 atom stereocenters. The highest BCUT2D eigenvalue weighted by Crippen LogP contribution is 2.41. The Bertz CT molecular complexity index is 358. The summed E-state index contributed by atoms with van der Waals surface area (Å²) in [5.74, 6) is 1.79. The van der Waals surface area contributed by atoms with E-state index >= 15 is 0 Å². The van der Waals surface area contributed by atoms with Crippen LogP contribution in [0.15, 0.2) is 5.16 Å². The van der Waals surface area contributed by atoms with Crippen molar-refractivity contribution in [2.24, 2.45) is 0 Å². The van der Waals surface area contributed by atoms with E-state index < -0.39 is 0 Å². The minimum atomic E-state index is 0.487. The first-order valence-electron chi connectivity index (χ1n) is 5.14. The third kappa shape index (κ3) is 1.22. The van der Waals surface area contributed by atoms with Crippen LogP contribution >= 0.6 is 11.8 Å². The molecule has 0 bridgehead atoms. The quantitative estimate of drug-likeness (QED) is 0.764. The van der Waals surface area contributed by atoms with Crippen molar-refractivity contribution in [2.75, 3.05) is 5.43 Å². The zero-order valence-electron chi connectivity index (χ0n) is 8.40. The van der Waals surface area contributed by atoms with Crippen LogP contribution < -0.4 is 5.43 Å². The standard InChI is InChI=1S/C9H14N4S/c1-5-6(2)14-9-11-10-8(7-3-4-7)13(9)12-5/h5-7,12H,3-4H2,1-2H3. The van der Waals surface area contributed by atoms with Crippen molar-refractivity contribution in [3.8, 4) is 0 Å². The van der Waals surface area contributed by atoms with Gasteiger partial charge in [-0.3, -0.25) is 0 Å². The number of fused-ring (bicyclic) bond motifs is 1. The van der Waals surface area contributed by atoms with Crippen molar-refractivity contribution in [3.05, 3.63) is 5.82 Å². The van der Waals surface area contributed by atoms with Gasteiger partial charge in [0, 0.05) is 11.2 Å². The number of rotatable bonds is 1. The van der Waals surface area contributed by atoms with E-state index in [4.69, 9.17) is 0 Å². The van der Waals surface area contributed by atoms with Gasteiger partial charge >= 0.3 is 0 Å². The summed E-state index contributed by atoms with van der Waals surface area (Å²) in [6, 6.07) is 0.487. The smallest absolute Gasteiger partial charge is 0.210 e. The number of aromatic nitrogens is 3. The van der Waals surface area contributed by atoms with Gasteiger partial charge in [-0.25, -0.2) is 4.68 Å². The lowest BCUT2D eigenvalue weighted by molar-refractivity contribution is 0.597. The van der Waals surface area contributed by atoms with Crippen LogP contribution in [0.4, 0.5) is 0 Å². The average molecular weight is 210 g/mol. The van der Waals surface area contributed by atoms with E-state index in [9.17, 15) is 0 Å². The van der Waals surface area contributed by atoms with Gasteiger partial charge in [-0.15, -0.1) is 10.2 Å². The van der Waals surface area contributed by atoms with E-state index in [0.29, 0.717) is 17.2 Å². The largest absolute Gasteiger partial charge is 0.318 e. The van der Waals surface area contributed by atoms with Crippen molar-refractivity contribution < 1.29 is 0 Å². The van der Waals surface area contributed by atoms with Gasteiger partial charge in [-0.05, 0) is 19.8 Å². The van der Waals surface area contributed by atoms with Crippen LogP contribution in [0.1, 0.15) is 38.4 Å². The Morgan fingerprint density at radius 2 is 2.14 bits per heavy atom. The van der Waals surface area contributed by atoms with Crippen LogP contribution in [-0.2, 0) is 0 Å². The maximum Gasteiger partial charge on any atom is 0.210 e. The zero-order chi connectivity index (χ0) is 9.71. The Morgan fingerprint density at radius 3 is 2.86 bits per heavy atom. The molecule has 1 saturated carbocycles. The molecule has 76 valence electrons. The molecular formula is C9H14N4S. The first-order chi connectivity index (χ1) is 6.75. The van der Waals surface area contributed by atoms with Crippen molar-refractivity contribution in [1.82, 2.24) is 14.9 Å². The summed E-state index contributed by atoms with van der Waals surface area (Å²) in [4.78, 5) is 0. The fourth-order valence-electron chi connectivity index (χ4n) is 1.66. The van der Waals surface area contributed by atoms with Crippen LogP contribution in [0.2, 0.25) is 0 Å². The maximum absolute atomic E-state index is 4.26. The monoisotopic (exact) mass is 210 g/mol. The Labute approximate surface area is 87.4 Å². The number of nitrogens with one attached hydrogen (secondary N) is 1. The molecule has 5 heteroatoms. The van der Waals surface area contributed by atoms with Gasteiger partial charge in [0.2, 0.25) is 5.16 Å². The maximum atomic E-state index is 4.26. The molecule has 2 heterocycles. The number of hydrogen-bond acceptors (Lipinski definition) is 4. The Hall–Kier alpha value is -0.710. The van der Waals surface area contributed by atoms with Crippen LogP contribution in [0.3, 0.4) is 0 Å². The molecule has 1 aliphatic heterocycles. The molecule has 4 nitrogen and oxygen atoms in total. The van der Waals surface area contributed by atoms with Crippen molar-refractivity contribution >= 4 is 11.8 Å². The average Bonchev–Trinajstić information content (AvgIpc) is 2.91. The summed E-state index contributed by atoms with van der Waals surface area (Å²) in [5.41, 5.74) is 3.45.